The lowest BCUT2D eigenvalue weighted by atomic mass is 10.2. The largest absolute Gasteiger partial charge is 0.491 e. The number of nitrogens with one attached hydrogen (secondary N) is 2. The minimum absolute atomic E-state index is 0.108. The van der Waals surface area contributed by atoms with Gasteiger partial charge in [-0.25, -0.2) is 0 Å². The van der Waals surface area contributed by atoms with Gasteiger partial charge in [-0.15, -0.1) is 0 Å². The van der Waals surface area contributed by atoms with Gasteiger partial charge in [0, 0.05) is 31.0 Å². The van der Waals surface area contributed by atoms with E-state index in [0.29, 0.717) is 11.3 Å². The summed E-state index contributed by atoms with van der Waals surface area (Å²) in [6, 6.07) is 14.3. The van der Waals surface area contributed by atoms with Crippen LogP contribution in [0.5, 0.6) is 5.75 Å². The zero-order chi connectivity index (χ0) is 19.1. The van der Waals surface area contributed by atoms with Crippen LogP contribution in [0, 0.1) is 0 Å². The summed E-state index contributed by atoms with van der Waals surface area (Å²) in [5.74, 6) is 0.488. The number of carbonyl (C=O) groups excluding carboxylic acids is 2. The minimum Gasteiger partial charge on any atom is -0.491 e. The molecule has 0 radical (unpaired) electrons. The highest BCUT2D eigenvalue weighted by Gasteiger charge is 2.09. The van der Waals surface area contributed by atoms with E-state index in [1.807, 2.05) is 38.1 Å². The molecule has 2 rings (SSSR count). The summed E-state index contributed by atoms with van der Waals surface area (Å²) in [5, 5.41) is 5.85. The maximum absolute atomic E-state index is 12.1. The molecular formula is C20H25N3O3. The number of benzene rings is 2. The Morgan fingerprint density at radius 3 is 2.35 bits per heavy atom. The lowest BCUT2D eigenvalue weighted by Gasteiger charge is -2.12. The molecule has 2 amide bonds. The topological polar surface area (TPSA) is 70.7 Å². The highest BCUT2D eigenvalue weighted by molar-refractivity contribution is 5.97. The average molecular weight is 355 g/mol. The second-order valence-corrected chi connectivity index (χ2v) is 6.37. The smallest absolute Gasteiger partial charge is 0.253 e. The number of ether oxygens (including phenoxy) is 1. The monoisotopic (exact) mass is 355 g/mol. The van der Waals surface area contributed by atoms with Crippen molar-refractivity contribution >= 4 is 23.2 Å². The highest BCUT2D eigenvalue weighted by atomic mass is 16.5. The van der Waals surface area contributed by atoms with Gasteiger partial charge in [0.25, 0.3) is 5.91 Å². The number of rotatable bonds is 7. The quantitative estimate of drug-likeness (QED) is 0.800. The molecule has 2 N–H and O–H groups in total. The lowest BCUT2D eigenvalue weighted by Crippen LogP contribution is -2.23. The molecule has 0 fully saturated rings. The average Bonchev–Trinajstić information content (AvgIpc) is 2.60. The van der Waals surface area contributed by atoms with Crippen molar-refractivity contribution in [1.82, 2.24) is 4.90 Å². The third-order valence-corrected chi connectivity index (χ3v) is 3.48. The molecular weight excluding hydrogens is 330 g/mol. The number of hydrogen-bond donors (Lipinski definition) is 2. The van der Waals surface area contributed by atoms with E-state index in [9.17, 15) is 9.59 Å². The Bertz CT molecular complexity index is 755. The number of carbonyl (C=O) groups is 2. The van der Waals surface area contributed by atoms with Crippen LogP contribution < -0.4 is 15.4 Å². The fourth-order valence-electron chi connectivity index (χ4n) is 2.30. The van der Waals surface area contributed by atoms with Gasteiger partial charge in [0.1, 0.15) is 5.75 Å². The summed E-state index contributed by atoms with van der Waals surface area (Å²) in [5.41, 5.74) is 1.94. The predicted octanol–water partition coefficient (Wildman–Crippen LogP) is 3.23. The molecule has 0 heterocycles. The molecule has 2 aromatic carbocycles. The summed E-state index contributed by atoms with van der Waals surface area (Å²) < 4.78 is 5.58. The molecule has 0 unspecified atom stereocenters. The molecule has 0 aromatic heterocycles. The zero-order valence-electron chi connectivity index (χ0n) is 15.6. The van der Waals surface area contributed by atoms with Gasteiger partial charge < -0.3 is 20.3 Å². The molecule has 0 aliphatic rings. The lowest BCUT2D eigenvalue weighted by molar-refractivity contribution is -0.114. The number of nitrogens with zero attached hydrogens (tertiary/aromatic N) is 1. The SMILES string of the molecule is CC(C)Oc1ccc(NCC(=O)Nc2cccc(C(=O)N(C)C)c2)cc1. The summed E-state index contributed by atoms with van der Waals surface area (Å²) in [6.07, 6.45) is 0.120. The highest BCUT2D eigenvalue weighted by Crippen LogP contribution is 2.17. The van der Waals surface area contributed by atoms with Crippen molar-refractivity contribution in [3.8, 4) is 5.75 Å². The van der Waals surface area contributed by atoms with E-state index in [-0.39, 0.29) is 24.5 Å². The Morgan fingerprint density at radius 1 is 1.04 bits per heavy atom. The minimum atomic E-state index is -0.193. The first-order valence-electron chi connectivity index (χ1n) is 8.47. The molecule has 0 aliphatic carbocycles. The standard InChI is InChI=1S/C20H25N3O3/c1-14(2)26-18-10-8-16(9-11-18)21-13-19(24)22-17-7-5-6-15(12-17)20(25)23(3)4/h5-12,14,21H,13H2,1-4H3,(H,22,24). The van der Waals surface area contributed by atoms with Gasteiger partial charge >= 0.3 is 0 Å². The van der Waals surface area contributed by atoms with Crippen LogP contribution in [0.3, 0.4) is 0 Å². The van der Waals surface area contributed by atoms with Gasteiger partial charge in [0.05, 0.1) is 12.6 Å². The Kier molecular flexibility index (Phi) is 6.60. The molecule has 0 bridgehead atoms. The maximum Gasteiger partial charge on any atom is 0.253 e. The van der Waals surface area contributed by atoms with E-state index in [0.717, 1.165) is 11.4 Å². The summed E-state index contributed by atoms with van der Waals surface area (Å²) in [7, 11) is 3.38. The third-order valence-electron chi connectivity index (χ3n) is 3.48. The van der Waals surface area contributed by atoms with Crippen LogP contribution >= 0.6 is 0 Å². The molecule has 26 heavy (non-hydrogen) atoms. The molecule has 6 heteroatoms. The van der Waals surface area contributed by atoms with E-state index in [2.05, 4.69) is 10.6 Å². The molecule has 2 aromatic rings. The van der Waals surface area contributed by atoms with Crippen LogP contribution in [0.15, 0.2) is 48.5 Å². The van der Waals surface area contributed by atoms with Gasteiger partial charge in [-0.2, -0.15) is 0 Å². The molecule has 0 saturated heterocycles. The fourth-order valence-corrected chi connectivity index (χ4v) is 2.30. The Labute approximate surface area is 154 Å². The Hall–Kier alpha value is -3.02. The second-order valence-electron chi connectivity index (χ2n) is 6.37. The van der Waals surface area contributed by atoms with Crippen LogP contribution in [-0.2, 0) is 4.79 Å². The third kappa shape index (κ3) is 5.81. The van der Waals surface area contributed by atoms with Crippen molar-refractivity contribution in [2.45, 2.75) is 20.0 Å². The first kappa shape index (κ1) is 19.3. The first-order chi connectivity index (χ1) is 12.3. The molecule has 138 valence electrons. The van der Waals surface area contributed by atoms with Gasteiger partial charge in [0.15, 0.2) is 0 Å². The summed E-state index contributed by atoms with van der Waals surface area (Å²) in [6.45, 7) is 4.06. The van der Waals surface area contributed by atoms with Crippen LogP contribution in [0.2, 0.25) is 0 Å². The fraction of sp³-hybridized carbons (Fsp3) is 0.300. The zero-order valence-corrected chi connectivity index (χ0v) is 15.6. The van der Waals surface area contributed by atoms with Gasteiger partial charge in [-0.05, 0) is 56.3 Å². The summed E-state index contributed by atoms with van der Waals surface area (Å²) >= 11 is 0. The van der Waals surface area contributed by atoms with Crippen LogP contribution in [0.25, 0.3) is 0 Å². The summed E-state index contributed by atoms with van der Waals surface area (Å²) in [4.78, 5) is 25.6. The van der Waals surface area contributed by atoms with Crippen LogP contribution in [0.1, 0.15) is 24.2 Å². The number of anilines is 2. The van der Waals surface area contributed by atoms with Crippen molar-refractivity contribution in [2.24, 2.45) is 0 Å². The van der Waals surface area contributed by atoms with Crippen LogP contribution in [0.4, 0.5) is 11.4 Å². The van der Waals surface area contributed by atoms with Gasteiger partial charge in [-0.1, -0.05) is 6.07 Å². The van der Waals surface area contributed by atoms with E-state index in [1.54, 1.807) is 38.4 Å². The molecule has 6 nitrogen and oxygen atoms in total. The van der Waals surface area contributed by atoms with Crippen molar-refractivity contribution in [3.63, 3.8) is 0 Å². The van der Waals surface area contributed by atoms with Crippen molar-refractivity contribution in [2.75, 3.05) is 31.3 Å². The Morgan fingerprint density at radius 2 is 1.73 bits per heavy atom. The molecule has 0 aliphatic heterocycles. The maximum atomic E-state index is 12.1. The van der Waals surface area contributed by atoms with Crippen molar-refractivity contribution in [3.05, 3.63) is 54.1 Å². The van der Waals surface area contributed by atoms with Crippen molar-refractivity contribution in [1.29, 1.82) is 0 Å². The molecule has 0 saturated carbocycles. The normalized spacial score (nSPS) is 10.3. The number of hydrogen-bond acceptors (Lipinski definition) is 4. The first-order valence-corrected chi connectivity index (χ1v) is 8.47. The van der Waals surface area contributed by atoms with E-state index >= 15 is 0 Å². The second kappa shape index (κ2) is 8.89. The molecule has 0 spiro atoms. The van der Waals surface area contributed by atoms with Gasteiger partial charge in [0.2, 0.25) is 5.91 Å². The Balaban J connectivity index is 1.89. The van der Waals surface area contributed by atoms with E-state index in [4.69, 9.17) is 4.74 Å². The molecule has 0 atom stereocenters. The van der Waals surface area contributed by atoms with E-state index < -0.39 is 0 Å². The van der Waals surface area contributed by atoms with Crippen molar-refractivity contribution < 1.29 is 14.3 Å². The van der Waals surface area contributed by atoms with E-state index in [1.165, 1.54) is 4.90 Å². The predicted molar refractivity (Wildman–Crippen MR) is 104 cm³/mol. The van der Waals surface area contributed by atoms with Crippen LogP contribution in [-0.4, -0.2) is 43.5 Å². The number of amides is 2. The van der Waals surface area contributed by atoms with Gasteiger partial charge in [-0.3, -0.25) is 9.59 Å².